The number of aliphatic carboxylic acids is 1. The first-order valence-electron chi connectivity index (χ1n) is 9.91. The Morgan fingerprint density at radius 3 is 2.44 bits per heavy atom. The average molecular weight is 352 g/mol. The maximum Gasteiger partial charge on any atom is 0.324 e. The molecule has 1 atom stereocenters. The van der Waals surface area contributed by atoms with Gasteiger partial charge in [0.15, 0.2) is 0 Å². The largest absolute Gasteiger partial charge is 0.481 e. The van der Waals surface area contributed by atoms with Crippen molar-refractivity contribution in [2.45, 2.75) is 89.5 Å². The molecule has 2 aliphatic rings. The molecule has 0 aromatic rings. The molecule has 0 spiro atoms. The number of nitrogens with one attached hydrogen (secondary N) is 1. The number of nitrogens with zero attached hydrogens (tertiary/aromatic N) is 1. The van der Waals surface area contributed by atoms with Crippen LogP contribution in [0.25, 0.3) is 0 Å². The SMILES string of the molecule is O=C(O)CCCCCC[C@H]1C(=O)NC(=O)N1CCCC1CCCCC1. The Hall–Kier alpha value is -1.59. The van der Waals surface area contributed by atoms with Gasteiger partial charge in [0.25, 0.3) is 5.91 Å². The predicted molar refractivity (Wildman–Crippen MR) is 95.2 cm³/mol. The van der Waals surface area contributed by atoms with Crippen LogP contribution in [0.2, 0.25) is 0 Å². The summed E-state index contributed by atoms with van der Waals surface area (Å²) < 4.78 is 0. The summed E-state index contributed by atoms with van der Waals surface area (Å²) in [6, 6.07) is -0.581. The lowest BCUT2D eigenvalue weighted by molar-refractivity contribution is -0.137. The Bertz CT molecular complexity index is 460. The Kier molecular flexibility index (Phi) is 8.22. The number of hydrogen-bond donors (Lipinski definition) is 2. The van der Waals surface area contributed by atoms with Gasteiger partial charge < -0.3 is 10.0 Å². The van der Waals surface area contributed by atoms with Crippen LogP contribution < -0.4 is 5.32 Å². The molecule has 1 heterocycles. The summed E-state index contributed by atoms with van der Waals surface area (Å²) in [5, 5.41) is 11.1. The van der Waals surface area contributed by atoms with Crippen LogP contribution in [-0.2, 0) is 9.59 Å². The molecular weight excluding hydrogens is 320 g/mol. The van der Waals surface area contributed by atoms with Gasteiger partial charge in [0.2, 0.25) is 0 Å². The van der Waals surface area contributed by atoms with Crippen molar-refractivity contribution < 1.29 is 19.5 Å². The van der Waals surface area contributed by atoms with Gasteiger partial charge >= 0.3 is 12.0 Å². The monoisotopic (exact) mass is 352 g/mol. The molecule has 0 radical (unpaired) electrons. The van der Waals surface area contributed by atoms with E-state index in [-0.39, 0.29) is 24.4 Å². The minimum absolute atomic E-state index is 0.173. The molecule has 1 saturated heterocycles. The van der Waals surface area contributed by atoms with E-state index < -0.39 is 5.97 Å². The first-order chi connectivity index (χ1) is 12.1. The second kappa shape index (κ2) is 10.4. The molecule has 142 valence electrons. The summed E-state index contributed by atoms with van der Waals surface area (Å²) in [6.45, 7) is 0.664. The minimum atomic E-state index is -0.759. The molecule has 1 aliphatic carbocycles. The lowest BCUT2D eigenvalue weighted by atomic mass is 9.86. The van der Waals surface area contributed by atoms with Gasteiger partial charge in [-0.1, -0.05) is 51.4 Å². The standard InChI is InChI=1S/C19H32N2O4/c22-17(23)13-7-2-1-6-12-16-18(24)20-19(25)21(16)14-8-11-15-9-4-3-5-10-15/h15-16H,1-14H2,(H,22,23)(H,20,24,25)/t16-/m0/s1. The summed E-state index contributed by atoms with van der Waals surface area (Å²) in [6.07, 6.45) is 12.9. The molecule has 1 aliphatic heterocycles. The maximum absolute atomic E-state index is 12.0. The number of imide groups is 1. The molecule has 2 N–H and O–H groups in total. The normalized spacial score (nSPS) is 21.6. The highest BCUT2D eigenvalue weighted by Gasteiger charge is 2.37. The number of carbonyl (C=O) groups is 3. The van der Waals surface area contributed by atoms with Gasteiger partial charge in [0.05, 0.1) is 0 Å². The summed E-state index contributed by atoms with van der Waals surface area (Å²) in [5.41, 5.74) is 0. The lowest BCUT2D eigenvalue weighted by Crippen LogP contribution is -2.36. The van der Waals surface area contributed by atoms with E-state index in [4.69, 9.17) is 5.11 Å². The average Bonchev–Trinajstić information content (AvgIpc) is 2.85. The van der Waals surface area contributed by atoms with Crippen LogP contribution >= 0.6 is 0 Å². The number of carboxylic acids is 1. The van der Waals surface area contributed by atoms with Gasteiger partial charge in [-0.2, -0.15) is 0 Å². The molecule has 2 rings (SSSR count). The number of unbranched alkanes of at least 4 members (excludes halogenated alkanes) is 3. The second-order valence-corrected chi connectivity index (χ2v) is 7.50. The van der Waals surface area contributed by atoms with Gasteiger partial charge in [-0.25, -0.2) is 4.79 Å². The maximum atomic E-state index is 12.0. The summed E-state index contributed by atoms with van der Waals surface area (Å²) in [7, 11) is 0. The Labute approximate surface area is 150 Å². The van der Waals surface area contributed by atoms with E-state index in [1.165, 1.54) is 32.1 Å². The fourth-order valence-electron chi connectivity index (χ4n) is 4.08. The number of carbonyl (C=O) groups excluding carboxylic acids is 2. The molecule has 2 fully saturated rings. The van der Waals surface area contributed by atoms with Crippen molar-refractivity contribution >= 4 is 17.9 Å². The van der Waals surface area contributed by atoms with Crippen LogP contribution in [0.3, 0.4) is 0 Å². The smallest absolute Gasteiger partial charge is 0.324 e. The van der Waals surface area contributed by atoms with Gasteiger partial charge in [-0.15, -0.1) is 0 Å². The zero-order valence-electron chi connectivity index (χ0n) is 15.2. The van der Waals surface area contributed by atoms with Crippen molar-refractivity contribution in [2.24, 2.45) is 5.92 Å². The van der Waals surface area contributed by atoms with E-state index >= 15 is 0 Å². The number of urea groups is 1. The third-order valence-electron chi connectivity index (χ3n) is 5.52. The molecular formula is C19H32N2O4. The molecule has 0 bridgehead atoms. The molecule has 3 amide bonds. The second-order valence-electron chi connectivity index (χ2n) is 7.50. The van der Waals surface area contributed by atoms with Crippen LogP contribution in [0.4, 0.5) is 4.79 Å². The molecule has 0 aromatic carbocycles. The predicted octanol–water partition coefficient (Wildman–Crippen LogP) is 3.69. The summed E-state index contributed by atoms with van der Waals surface area (Å²) in [4.78, 5) is 36.2. The first-order valence-corrected chi connectivity index (χ1v) is 9.91. The van der Waals surface area contributed by atoms with Gasteiger partial charge in [0.1, 0.15) is 6.04 Å². The van der Waals surface area contributed by atoms with Crippen molar-refractivity contribution in [1.29, 1.82) is 0 Å². The number of hydrogen-bond acceptors (Lipinski definition) is 3. The van der Waals surface area contributed by atoms with E-state index in [9.17, 15) is 14.4 Å². The third kappa shape index (κ3) is 6.67. The van der Waals surface area contributed by atoms with Crippen LogP contribution in [0, 0.1) is 5.92 Å². The highest BCUT2D eigenvalue weighted by atomic mass is 16.4. The number of amides is 3. The fraction of sp³-hybridized carbons (Fsp3) is 0.842. The van der Waals surface area contributed by atoms with Gasteiger partial charge in [-0.05, 0) is 31.6 Å². The Morgan fingerprint density at radius 2 is 1.72 bits per heavy atom. The van der Waals surface area contributed by atoms with Crippen molar-refractivity contribution in [3.05, 3.63) is 0 Å². The summed E-state index contributed by atoms with van der Waals surface area (Å²) >= 11 is 0. The lowest BCUT2D eigenvalue weighted by Gasteiger charge is -2.25. The van der Waals surface area contributed by atoms with E-state index in [2.05, 4.69) is 5.32 Å². The molecule has 1 saturated carbocycles. The van der Waals surface area contributed by atoms with Crippen molar-refractivity contribution in [1.82, 2.24) is 10.2 Å². The van der Waals surface area contributed by atoms with Crippen molar-refractivity contribution in [2.75, 3.05) is 6.54 Å². The van der Waals surface area contributed by atoms with E-state index in [0.717, 1.165) is 38.0 Å². The van der Waals surface area contributed by atoms with Crippen LogP contribution in [0.1, 0.15) is 83.5 Å². The molecule has 25 heavy (non-hydrogen) atoms. The number of rotatable bonds is 11. The van der Waals surface area contributed by atoms with E-state index in [1.807, 2.05) is 0 Å². The summed E-state index contributed by atoms with van der Waals surface area (Å²) in [5.74, 6) is -0.138. The van der Waals surface area contributed by atoms with E-state index in [0.29, 0.717) is 19.4 Å². The highest BCUT2D eigenvalue weighted by Crippen LogP contribution is 2.28. The quantitative estimate of drug-likeness (QED) is 0.438. The number of carboxylic acid groups (broad SMARTS) is 1. The molecule has 0 unspecified atom stereocenters. The fourth-order valence-corrected chi connectivity index (χ4v) is 4.08. The Balaban J connectivity index is 1.67. The van der Waals surface area contributed by atoms with Crippen LogP contribution in [0.15, 0.2) is 0 Å². The third-order valence-corrected chi connectivity index (χ3v) is 5.52. The zero-order chi connectivity index (χ0) is 18.1. The van der Waals surface area contributed by atoms with E-state index in [1.54, 1.807) is 4.90 Å². The molecule has 6 heteroatoms. The van der Waals surface area contributed by atoms with Crippen LogP contribution in [0.5, 0.6) is 0 Å². The first kappa shape index (κ1) is 19.7. The van der Waals surface area contributed by atoms with Gasteiger partial charge in [0, 0.05) is 13.0 Å². The minimum Gasteiger partial charge on any atom is -0.481 e. The zero-order valence-corrected chi connectivity index (χ0v) is 15.2. The molecule has 0 aromatic heterocycles. The topological polar surface area (TPSA) is 86.7 Å². The molecule has 6 nitrogen and oxygen atoms in total. The van der Waals surface area contributed by atoms with Crippen molar-refractivity contribution in [3.8, 4) is 0 Å². The highest BCUT2D eigenvalue weighted by molar-refractivity contribution is 6.04. The van der Waals surface area contributed by atoms with Crippen LogP contribution in [-0.4, -0.2) is 40.5 Å². The van der Waals surface area contributed by atoms with Crippen molar-refractivity contribution in [3.63, 3.8) is 0 Å². The Morgan fingerprint density at radius 1 is 1.00 bits per heavy atom. The van der Waals surface area contributed by atoms with Gasteiger partial charge in [-0.3, -0.25) is 14.9 Å².